The lowest BCUT2D eigenvalue weighted by Crippen LogP contribution is -2.32. The zero-order valence-corrected chi connectivity index (χ0v) is 12.7. The van der Waals surface area contributed by atoms with Crippen LogP contribution in [0.3, 0.4) is 0 Å². The van der Waals surface area contributed by atoms with Gasteiger partial charge in [0.05, 0.1) is 10.6 Å². The van der Waals surface area contributed by atoms with Crippen LogP contribution in [0.25, 0.3) is 0 Å². The molecular formula is C14H21FN2O2S. The fourth-order valence-corrected chi connectivity index (χ4v) is 4.15. The summed E-state index contributed by atoms with van der Waals surface area (Å²) in [6, 6.07) is 2.57. The molecule has 1 saturated heterocycles. The number of nitrogens with zero attached hydrogens (tertiary/aromatic N) is 1. The molecule has 0 radical (unpaired) electrons. The third-order valence-corrected chi connectivity index (χ3v) is 5.75. The predicted molar refractivity (Wildman–Crippen MR) is 77.3 cm³/mol. The first-order chi connectivity index (χ1) is 9.32. The van der Waals surface area contributed by atoms with Crippen LogP contribution in [0.5, 0.6) is 0 Å². The molecule has 0 spiro atoms. The fourth-order valence-electron chi connectivity index (χ4n) is 2.54. The summed E-state index contributed by atoms with van der Waals surface area (Å²) in [5.74, 6) is -0.0105. The Morgan fingerprint density at radius 2 is 2.00 bits per heavy atom. The Bertz CT molecular complexity index is 578. The lowest BCUT2D eigenvalue weighted by atomic mass is 10.0. The van der Waals surface area contributed by atoms with Crippen LogP contribution < -0.4 is 5.73 Å². The van der Waals surface area contributed by atoms with Gasteiger partial charge in [-0.25, -0.2) is 12.8 Å². The number of halogens is 1. The molecule has 0 aliphatic carbocycles. The molecule has 2 rings (SSSR count). The average Bonchev–Trinajstić information content (AvgIpc) is 2.60. The van der Waals surface area contributed by atoms with Crippen LogP contribution in [0.15, 0.2) is 17.0 Å². The second-order valence-electron chi connectivity index (χ2n) is 5.58. The van der Waals surface area contributed by atoms with Gasteiger partial charge < -0.3 is 5.73 Å². The third-order valence-electron chi connectivity index (χ3n) is 3.87. The zero-order chi connectivity index (χ0) is 14.9. The van der Waals surface area contributed by atoms with Gasteiger partial charge in [-0.05, 0) is 49.8 Å². The Kier molecular flexibility index (Phi) is 4.34. The highest BCUT2D eigenvalue weighted by molar-refractivity contribution is 7.89. The zero-order valence-electron chi connectivity index (χ0n) is 11.9. The maximum absolute atomic E-state index is 13.5. The maximum Gasteiger partial charge on any atom is 0.243 e. The average molecular weight is 300 g/mol. The summed E-state index contributed by atoms with van der Waals surface area (Å²) in [6.45, 7) is 4.69. The van der Waals surface area contributed by atoms with E-state index in [4.69, 9.17) is 5.73 Å². The maximum atomic E-state index is 13.5. The minimum atomic E-state index is -3.58. The van der Waals surface area contributed by atoms with Crippen molar-refractivity contribution in [1.29, 1.82) is 0 Å². The van der Waals surface area contributed by atoms with Crippen molar-refractivity contribution in [2.24, 2.45) is 5.92 Å². The molecule has 1 aliphatic heterocycles. The van der Waals surface area contributed by atoms with Crippen molar-refractivity contribution < 1.29 is 12.8 Å². The Morgan fingerprint density at radius 3 is 2.65 bits per heavy atom. The van der Waals surface area contributed by atoms with Gasteiger partial charge in [-0.1, -0.05) is 6.92 Å². The van der Waals surface area contributed by atoms with E-state index in [0.717, 1.165) is 19.3 Å². The Balaban J connectivity index is 2.35. The molecule has 0 saturated carbocycles. The van der Waals surface area contributed by atoms with Gasteiger partial charge in [0.25, 0.3) is 0 Å². The van der Waals surface area contributed by atoms with E-state index in [-0.39, 0.29) is 16.1 Å². The van der Waals surface area contributed by atoms with Crippen molar-refractivity contribution in [3.05, 3.63) is 23.5 Å². The molecule has 1 unspecified atom stereocenters. The largest absolute Gasteiger partial charge is 0.396 e. The van der Waals surface area contributed by atoms with Gasteiger partial charge >= 0.3 is 0 Å². The van der Waals surface area contributed by atoms with Crippen LogP contribution in [-0.2, 0) is 10.0 Å². The number of sulfonamides is 1. The second-order valence-corrected chi connectivity index (χ2v) is 7.52. The number of rotatable bonds is 2. The molecule has 1 heterocycles. The normalized spacial score (nSPS) is 21.6. The SMILES string of the molecule is Cc1cc(S(=O)(=O)N2CCCC(C)CC2)cc(N)c1F. The molecule has 6 heteroatoms. The number of nitrogen functional groups attached to an aromatic ring is 1. The van der Waals surface area contributed by atoms with E-state index in [1.165, 1.54) is 23.4 Å². The number of anilines is 1. The fraction of sp³-hybridized carbons (Fsp3) is 0.571. The number of benzene rings is 1. The molecule has 1 aromatic rings. The Hall–Kier alpha value is -1.14. The lowest BCUT2D eigenvalue weighted by Gasteiger charge is -2.20. The minimum absolute atomic E-state index is 0.0865. The standard InChI is InChI=1S/C14H21FN2O2S/c1-10-4-3-6-17(7-5-10)20(18,19)12-8-11(2)14(15)13(16)9-12/h8-10H,3-7,16H2,1-2H3. The summed E-state index contributed by atoms with van der Waals surface area (Å²) in [5, 5.41) is 0. The molecule has 20 heavy (non-hydrogen) atoms. The summed E-state index contributed by atoms with van der Waals surface area (Å²) in [5.41, 5.74) is 5.68. The van der Waals surface area contributed by atoms with Crippen molar-refractivity contribution in [3.8, 4) is 0 Å². The van der Waals surface area contributed by atoms with Crippen LogP contribution in [0.1, 0.15) is 31.7 Å². The van der Waals surface area contributed by atoms with Crippen LogP contribution >= 0.6 is 0 Å². The summed E-state index contributed by atoms with van der Waals surface area (Å²) in [7, 11) is -3.58. The highest BCUT2D eigenvalue weighted by Crippen LogP contribution is 2.26. The van der Waals surface area contributed by atoms with Gasteiger partial charge in [-0.2, -0.15) is 4.31 Å². The van der Waals surface area contributed by atoms with Gasteiger partial charge in [0, 0.05) is 13.1 Å². The molecule has 2 N–H and O–H groups in total. The molecule has 0 amide bonds. The van der Waals surface area contributed by atoms with Crippen LogP contribution in [0.2, 0.25) is 0 Å². The third kappa shape index (κ3) is 2.96. The minimum Gasteiger partial charge on any atom is -0.396 e. The number of hydrogen-bond donors (Lipinski definition) is 1. The molecule has 1 fully saturated rings. The summed E-state index contributed by atoms with van der Waals surface area (Å²) >= 11 is 0. The lowest BCUT2D eigenvalue weighted by molar-refractivity contribution is 0.416. The van der Waals surface area contributed by atoms with E-state index in [9.17, 15) is 12.8 Å². The first-order valence-corrected chi connectivity index (χ1v) is 8.32. The number of hydrogen-bond acceptors (Lipinski definition) is 3. The molecule has 1 aliphatic rings. The predicted octanol–water partition coefficient (Wildman–Crippen LogP) is 2.53. The molecule has 0 bridgehead atoms. The Morgan fingerprint density at radius 1 is 1.30 bits per heavy atom. The van der Waals surface area contributed by atoms with E-state index in [1.54, 1.807) is 0 Å². The summed E-state index contributed by atoms with van der Waals surface area (Å²) in [6.07, 6.45) is 2.75. The quantitative estimate of drug-likeness (QED) is 0.854. The van der Waals surface area contributed by atoms with Gasteiger partial charge in [0.2, 0.25) is 10.0 Å². The van der Waals surface area contributed by atoms with E-state index in [0.29, 0.717) is 19.0 Å². The molecule has 4 nitrogen and oxygen atoms in total. The van der Waals surface area contributed by atoms with E-state index in [2.05, 4.69) is 6.92 Å². The van der Waals surface area contributed by atoms with Crippen molar-refractivity contribution >= 4 is 15.7 Å². The molecule has 0 aromatic heterocycles. The van der Waals surface area contributed by atoms with Crippen molar-refractivity contribution in [2.45, 2.75) is 38.0 Å². The number of aryl methyl sites for hydroxylation is 1. The monoisotopic (exact) mass is 300 g/mol. The van der Waals surface area contributed by atoms with Crippen LogP contribution in [0.4, 0.5) is 10.1 Å². The summed E-state index contributed by atoms with van der Waals surface area (Å²) < 4.78 is 40.2. The van der Waals surface area contributed by atoms with Gasteiger partial charge in [0.1, 0.15) is 5.82 Å². The van der Waals surface area contributed by atoms with Gasteiger partial charge in [-0.15, -0.1) is 0 Å². The van der Waals surface area contributed by atoms with Crippen molar-refractivity contribution in [1.82, 2.24) is 4.31 Å². The first kappa shape index (κ1) is 15.3. The first-order valence-electron chi connectivity index (χ1n) is 6.88. The van der Waals surface area contributed by atoms with Gasteiger partial charge in [-0.3, -0.25) is 0 Å². The van der Waals surface area contributed by atoms with E-state index < -0.39 is 15.8 Å². The second kappa shape index (κ2) is 5.69. The highest BCUT2D eigenvalue weighted by Gasteiger charge is 2.27. The smallest absolute Gasteiger partial charge is 0.243 e. The number of nitrogens with two attached hydrogens (primary N) is 1. The Labute approximate surface area is 119 Å². The van der Waals surface area contributed by atoms with Crippen LogP contribution in [0, 0.1) is 18.7 Å². The summed E-state index contributed by atoms with van der Waals surface area (Å²) in [4.78, 5) is 0.0865. The van der Waals surface area contributed by atoms with Crippen molar-refractivity contribution in [3.63, 3.8) is 0 Å². The molecular weight excluding hydrogens is 279 g/mol. The molecule has 112 valence electrons. The topological polar surface area (TPSA) is 63.4 Å². The molecule has 1 atom stereocenters. The van der Waals surface area contributed by atoms with Gasteiger partial charge in [0.15, 0.2) is 0 Å². The molecule has 1 aromatic carbocycles. The van der Waals surface area contributed by atoms with E-state index in [1.807, 2.05) is 0 Å². The van der Waals surface area contributed by atoms with Crippen LogP contribution in [-0.4, -0.2) is 25.8 Å². The highest BCUT2D eigenvalue weighted by atomic mass is 32.2. The van der Waals surface area contributed by atoms with E-state index >= 15 is 0 Å². The van der Waals surface area contributed by atoms with Crippen molar-refractivity contribution in [2.75, 3.05) is 18.8 Å².